The first-order valence-corrected chi connectivity index (χ1v) is 6.37. The van der Waals surface area contributed by atoms with Gasteiger partial charge in [0, 0.05) is 23.8 Å². The van der Waals surface area contributed by atoms with Crippen LogP contribution < -0.4 is 0 Å². The molecular formula is C14H19NO4. The summed E-state index contributed by atoms with van der Waals surface area (Å²) in [4.78, 5) is 21.9. The van der Waals surface area contributed by atoms with Crippen molar-refractivity contribution in [3.05, 3.63) is 46.1 Å². The first-order valence-electron chi connectivity index (χ1n) is 6.37. The quantitative estimate of drug-likeness (QED) is 0.252. The molecule has 0 aromatic heterocycles. The van der Waals surface area contributed by atoms with E-state index in [0.717, 1.165) is 5.57 Å². The maximum Gasteiger partial charge on any atom is 0.331 e. The molecule has 0 aromatic rings. The summed E-state index contributed by atoms with van der Waals surface area (Å²) in [6, 6.07) is -0.539. The average Bonchev–Trinajstić information content (AvgIpc) is 2.37. The van der Waals surface area contributed by atoms with Crippen molar-refractivity contribution < 1.29 is 14.5 Å². The maximum atomic E-state index is 11.5. The molecule has 0 aromatic carbocycles. The highest BCUT2D eigenvalue weighted by molar-refractivity contribution is 5.82. The van der Waals surface area contributed by atoms with Crippen LogP contribution in [0.25, 0.3) is 0 Å². The minimum atomic E-state index is -0.539. The van der Waals surface area contributed by atoms with Gasteiger partial charge in [0.05, 0.1) is 0 Å². The van der Waals surface area contributed by atoms with E-state index in [1.807, 2.05) is 19.1 Å². The molecule has 5 nitrogen and oxygen atoms in total. The molecule has 0 saturated heterocycles. The lowest BCUT2D eigenvalue weighted by Gasteiger charge is -2.14. The van der Waals surface area contributed by atoms with E-state index >= 15 is 0 Å². The molecule has 0 amide bonds. The first kappa shape index (κ1) is 15.1. The fourth-order valence-corrected chi connectivity index (χ4v) is 1.94. The Bertz CT molecular complexity index is 423. The number of rotatable bonds is 5. The van der Waals surface area contributed by atoms with Gasteiger partial charge >= 0.3 is 5.97 Å². The topological polar surface area (TPSA) is 69.4 Å². The zero-order valence-corrected chi connectivity index (χ0v) is 11.2. The lowest BCUT2D eigenvalue weighted by molar-refractivity contribution is -0.523. The third-order valence-electron chi connectivity index (χ3n) is 2.87. The molecule has 0 radical (unpaired) electrons. The number of allylic oxidation sites excluding steroid dienone is 3. The highest BCUT2D eigenvalue weighted by Crippen LogP contribution is 2.21. The van der Waals surface area contributed by atoms with E-state index in [1.165, 1.54) is 6.08 Å². The van der Waals surface area contributed by atoms with Crippen LogP contribution in [0.1, 0.15) is 33.1 Å². The summed E-state index contributed by atoms with van der Waals surface area (Å²) >= 11 is 0. The summed E-state index contributed by atoms with van der Waals surface area (Å²) in [5, 5.41) is 10.7. The van der Waals surface area contributed by atoms with Gasteiger partial charge in [0.1, 0.15) is 6.10 Å². The first-order chi connectivity index (χ1) is 9.02. The van der Waals surface area contributed by atoms with E-state index in [0.29, 0.717) is 19.3 Å². The number of carbonyl (C=O) groups excluding carboxylic acids is 1. The van der Waals surface area contributed by atoms with Crippen LogP contribution in [0.4, 0.5) is 0 Å². The van der Waals surface area contributed by atoms with E-state index < -0.39 is 12.0 Å². The third kappa shape index (κ3) is 5.50. The maximum absolute atomic E-state index is 11.5. The summed E-state index contributed by atoms with van der Waals surface area (Å²) in [5.41, 5.74) is 0.823. The van der Waals surface area contributed by atoms with Gasteiger partial charge in [-0.1, -0.05) is 18.2 Å². The number of nitrogens with zero attached hydrogens (tertiary/aromatic N) is 1. The Morgan fingerprint density at radius 3 is 3.00 bits per heavy atom. The van der Waals surface area contributed by atoms with Crippen LogP contribution in [-0.4, -0.2) is 23.0 Å². The second kappa shape index (κ2) is 7.51. The second-order valence-electron chi connectivity index (χ2n) is 4.50. The normalized spacial score (nSPS) is 21.4. The molecule has 104 valence electrons. The molecule has 5 heteroatoms. The van der Waals surface area contributed by atoms with Gasteiger partial charge in [0.2, 0.25) is 6.04 Å². The van der Waals surface area contributed by atoms with Crippen molar-refractivity contribution in [1.82, 2.24) is 0 Å². The van der Waals surface area contributed by atoms with Crippen LogP contribution in [-0.2, 0) is 9.53 Å². The molecule has 0 saturated carbocycles. The number of hydrogen-bond donors (Lipinski definition) is 0. The van der Waals surface area contributed by atoms with Crippen molar-refractivity contribution in [3.8, 4) is 0 Å². The van der Waals surface area contributed by atoms with Crippen LogP contribution in [0.15, 0.2) is 36.0 Å². The van der Waals surface area contributed by atoms with E-state index in [4.69, 9.17) is 4.74 Å². The Morgan fingerprint density at radius 1 is 1.63 bits per heavy atom. The van der Waals surface area contributed by atoms with Crippen LogP contribution in [0.3, 0.4) is 0 Å². The minimum Gasteiger partial charge on any atom is -0.455 e. The lowest BCUT2D eigenvalue weighted by atomic mass is 9.95. The molecular weight excluding hydrogens is 246 g/mol. The van der Waals surface area contributed by atoms with E-state index in [1.54, 1.807) is 19.1 Å². The summed E-state index contributed by atoms with van der Waals surface area (Å²) < 4.78 is 5.08. The van der Waals surface area contributed by atoms with Crippen LogP contribution in [0.5, 0.6) is 0 Å². The van der Waals surface area contributed by atoms with E-state index in [2.05, 4.69) is 0 Å². The van der Waals surface area contributed by atoms with Gasteiger partial charge < -0.3 is 4.74 Å². The Hall–Kier alpha value is -1.91. The Kier molecular flexibility index (Phi) is 5.99. The van der Waals surface area contributed by atoms with Crippen molar-refractivity contribution >= 4 is 5.97 Å². The molecule has 1 aliphatic carbocycles. The Balaban J connectivity index is 2.50. The van der Waals surface area contributed by atoms with E-state index in [-0.39, 0.29) is 11.0 Å². The molecule has 1 aliphatic rings. The molecule has 0 spiro atoms. The molecule has 0 heterocycles. The molecule has 1 unspecified atom stereocenters. The summed E-state index contributed by atoms with van der Waals surface area (Å²) in [7, 11) is 0. The monoisotopic (exact) mass is 265 g/mol. The number of carbonyl (C=O) groups is 1. The largest absolute Gasteiger partial charge is 0.455 e. The zero-order chi connectivity index (χ0) is 14.3. The molecule has 0 aliphatic heterocycles. The van der Waals surface area contributed by atoms with Gasteiger partial charge in [-0.2, -0.15) is 0 Å². The van der Waals surface area contributed by atoms with Crippen LogP contribution in [0, 0.1) is 10.1 Å². The molecule has 19 heavy (non-hydrogen) atoms. The SMILES string of the molecule is C/C=C\[C@@H](C)OC(=O)/C=C/C1=CCCC([N+](=O)[O-])C1. The van der Waals surface area contributed by atoms with Crippen LogP contribution >= 0.6 is 0 Å². The molecule has 0 N–H and O–H groups in total. The van der Waals surface area contributed by atoms with Crippen LogP contribution in [0.2, 0.25) is 0 Å². The molecule has 2 atom stereocenters. The van der Waals surface area contributed by atoms with Gasteiger partial charge in [-0.25, -0.2) is 4.79 Å². The molecule has 1 rings (SSSR count). The second-order valence-corrected chi connectivity index (χ2v) is 4.50. The Labute approximate surface area is 112 Å². The highest BCUT2D eigenvalue weighted by Gasteiger charge is 2.23. The third-order valence-corrected chi connectivity index (χ3v) is 2.87. The summed E-state index contributed by atoms with van der Waals surface area (Å²) in [5.74, 6) is -0.435. The predicted octanol–water partition coefficient (Wildman–Crippen LogP) is 2.81. The van der Waals surface area contributed by atoms with E-state index in [9.17, 15) is 14.9 Å². The van der Waals surface area contributed by atoms with Gasteiger partial charge in [0.25, 0.3) is 0 Å². The van der Waals surface area contributed by atoms with Gasteiger partial charge in [-0.15, -0.1) is 0 Å². The fourth-order valence-electron chi connectivity index (χ4n) is 1.94. The molecule has 0 bridgehead atoms. The predicted molar refractivity (Wildman–Crippen MR) is 72.2 cm³/mol. The van der Waals surface area contributed by atoms with Gasteiger partial charge in [-0.3, -0.25) is 10.1 Å². The summed E-state index contributed by atoms with van der Waals surface area (Å²) in [6.45, 7) is 3.62. The van der Waals surface area contributed by atoms with Gasteiger partial charge in [-0.05, 0) is 31.9 Å². The standard InChI is InChI=1S/C14H19NO4/c1-3-5-11(2)19-14(16)9-8-12-6-4-7-13(10-12)15(17)18/h3,5-6,8-9,11,13H,4,7,10H2,1-2H3/b5-3-,9-8+/t11-,13?/m1/s1. The average molecular weight is 265 g/mol. The number of ether oxygens (including phenoxy) is 1. The van der Waals surface area contributed by atoms with Crippen molar-refractivity contribution in [2.45, 2.75) is 45.3 Å². The smallest absolute Gasteiger partial charge is 0.331 e. The molecule has 0 fully saturated rings. The highest BCUT2D eigenvalue weighted by atomic mass is 16.6. The minimum absolute atomic E-state index is 0.257. The lowest BCUT2D eigenvalue weighted by Crippen LogP contribution is -2.22. The fraction of sp³-hybridized carbons (Fsp3) is 0.500. The van der Waals surface area contributed by atoms with Gasteiger partial charge in [0.15, 0.2) is 0 Å². The number of hydrogen-bond acceptors (Lipinski definition) is 4. The number of esters is 1. The number of nitro groups is 1. The van der Waals surface area contributed by atoms with Crippen molar-refractivity contribution in [2.24, 2.45) is 0 Å². The summed E-state index contributed by atoms with van der Waals surface area (Å²) in [6.07, 6.45) is 9.80. The van der Waals surface area contributed by atoms with Crippen molar-refractivity contribution in [3.63, 3.8) is 0 Å². The van der Waals surface area contributed by atoms with Crippen molar-refractivity contribution in [2.75, 3.05) is 0 Å². The Morgan fingerprint density at radius 2 is 2.37 bits per heavy atom. The zero-order valence-electron chi connectivity index (χ0n) is 11.2. The van der Waals surface area contributed by atoms with Crippen molar-refractivity contribution in [1.29, 1.82) is 0 Å².